The number of alkyl carbamates (subject to hydrolysis) is 1. The van der Waals surface area contributed by atoms with Crippen LogP contribution in [0.2, 0.25) is 0 Å². The van der Waals surface area contributed by atoms with Crippen LogP contribution in [0.25, 0.3) is 10.8 Å². The average Bonchev–Trinajstić information content (AvgIpc) is 3.10. The van der Waals surface area contributed by atoms with Crippen LogP contribution in [-0.2, 0) is 38.4 Å². The van der Waals surface area contributed by atoms with Crippen LogP contribution in [0.15, 0.2) is 102 Å². The van der Waals surface area contributed by atoms with E-state index in [1.54, 1.807) is 52.0 Å². The van der Waals surface area contributed by atoms with E-state index in [1.165, 1.54) is 0 Å². The molecule has 3 amide bonds. The lowest BCUT2D eigenvalue weighted by Crippen LogP contribution is -2.53. The predicted octanol–water partition coefficient (Wildman–Crippen LogP) is 4.60. The number of benzene rings is 4. The van der Waals surface area contributed by atoms with Gasteiger partial charge in [-0.15, -0.1) is 4.99 Å². The highest BCUT2D eigenvalue weighted by Gasteiger charge is 2.30. The van der Waals surface area contributed by atoms with Crippen LogP contribution in [0, 0.1) is 5.41 Å². The first-order valence-electron chi connectivity index (χ1n) is 16.6. The van der Waals surface area contributed by atoms with E-state index < -0.39 is 53.3 Å². The number of nitrogens with one attached hydrogen (secondary N) is 4. The maximum Gasteiger partial charge on any atom is 0.407 e. The molecule has 4 rings (SSSR count). The number of hydrogen-bond acceptors (Lipinski definition) is 7. The molecule has 0 radical (unpaired) electrons. The van der Waals surface area contributed by atoms with Crippen molar-refractivity contribution in [1.82, 2.24) is 16.0 Å². The molecule has 0 fully saturated rings. The molecule has 0 aliphatic carbocycles. The summed E-state index contributed by atoms with van der Waals surface area (Å²) in [5.74, 6) is -3.30. The van der Waals surface area contributed by atoms with Crippen LogP contribution in [0.5, 0.6) is 0 Å². The van der Waals surface area contributed by atoms with Gasteiger partial charge in [0.1, 0.15) is 11.6 Å². The van der Waals surface area contributed by atoms with Crippen molar-refractivity contribution in [3.05, 3.63) is 119 Å². The fraction of sp³-hybridized carbons (Fsp3) is 0.282. The summed E-state index contributed by atoms with van der Waals surface area (Å²) in [4.78, 5) is 55.9. The van der Waals surface area contributed by atoms with E-state index in [-0.39, 0.29) is 31.6 Å². The average molecular weight is 695 g/mol. The van der Waals surface area contributed by atoms with Gasteiger partial charge in [0.25, 0.3) is 5.91 Å². The molecule has 0 spiro atoms. The van der Waals surface area contributed by atoms with Gasteiger partial charge in [-0.3, -0.25) is 15.0 Å². The summed E-state index contributed by atoms with van der Waals surface area (Å²) >= 11 is 0. The van der Waals surface area contributed by atoms with Gasteiger partial charge in [-0.2, -0.15) is 0 Å². The molecular formula is C39H44N5O7+. The zero-order chi connectivity index (χ0) is 37.0. The fourth-order valence-corrected chi connectivity index (χ4v) is 5.14. The maximum absolute atomic E-state index is 14.1. The minimum absolute atomic E-state index is 0.0353. The Labute approximate surface area is 296 Å². The Kier molecular flexibility index (Phi) is 13.0. The monoisotopic (exact) mass is 694 g/mol. The lowest BCUT2D eigenvalue weighted by molar-refractivity contribution is -0.135. The standard InChI is InChI=1S/C39H43N5O7/c1-5-50-37(48)33(40)44-36(47)31(22-25-12-7-6-8-13-25)43-35(46)32(23-26-18-19-28-15-9-10-16-29(28)20-26)42-34(45)30-17-11-14-27(21-30)24-41-38(49)51-39(2,3)4/h6-21,31-32H,5,22-24H2,1-4H3,(H,41,49)(H,42,45)(H,43,46)(H2,40,44,47)/p+1/t31-,32?/m1/s1. The Morgan fingerprint density at radius 3 is 2.16 bits per heavy atom. The highest BCUT2D eigenvalue weighted by atomic mass is 16.6. The van der Waals surface area contributed by atoms with Crippen LogP contribution in [0.1, 0.15) is 54.7 Å². The van der Waals surface area contributed by atoms with Crippen molar-refractivity contribution >= 4 is 46.4 Å². The van der Waals surface area contributed by atoms with Crippen molar-refractivity contribution in [2.75, 3.05) is 6.61 Å². The molecule has 0 aliphatic heterocycles. The van der Waals surface area contributed by atoms with Gasteiger partial charge in [-0.05, 0) is 67.3 Å². The Bertz CT molecular complexity index is 1900. The number of esters is 1. The van der Waals surface area contributed by atoms with Crippen LogP contribution in [0.4, 0.5) is 4.79 Å². The summed E-state index contributed by atoms with van der Waals surface area (Å²) in [7, 11) is 0. The van der Waals surface area contributed by atoms with Gasteiger partial charge < -0.3 is 30.5 Å². The molecule has 1 unspecified atom stereocenters. The van der Waals surface area contributed by atoms with E-state index in [4.69, 9.17) is 20.0 Å². The summed E-state index contributed by atoms with van der Waals surface area (Å²) in [6.45, 7) is 7.03. The Morgan fingerprint density at radius 2 is 1.45 bits per heavy atom. The second-order valence-corrected chi connectivity index (χ2v) is 12.8. The first kappa shape index (κ1) is 37.8. The Balaban J connectivity index is 1.60. The van der Waals surface area contributed by atoms with E-state index in [0.29, 0.717) is 5.56 Å². The number of hydrogen-bond donors (Lipinski definition) is 4. The first-order valence-corrected chi connectivity index (χ1v) is 16.6. The van der Waals surface area contributed by atoms with Gasteiger partial charge in [0, 0.05) is 24.9 Å². The topological polar surface area (TPSA) is 182 Å². The molecule has 4 aromatic rings. The van der Waals surface area contributed by atoms with E-state index >= 15 is 0 Å². The van der Waals surface area contributed by atoms with Gasteiger partial charge in [0.2, 0.25) is 11.7 Å². The van der Waals surface area contributed by atoms with E-state index in [1.807, 2.05) is 72.8 Å². The number of rotatable bonds is 12. The van der Waals surface area contributed by atoms with Crippen LogP contribution in [-0.4, -0.2) is 65.0 Å². The third-order valence-electron chi connectivity index (χ3n) is 7.53. The summed E-state index contributed by atoms with van der Waals surface area (Å²) in [6, 6.07) is 27.2. The van der Waals surface area contributed by atoms with Crippen LogP contribution in [0.3, 0.4) is 0 Å². The van der Waals surface area contributed by atoms with Crippen molar-refractivity contribution in [3.8, 4) is 0 Å². The van der Waals surface area contributed by atoms with Gasteiger partial charge in [-0.1, -0.05) is 84.9 Å². The highest BCUT2D eigenvalue weighted by molar-refractivity contribution is 6.36. The smallest absolute Gasteiger partial charge is 0.407 e. The molecule has 12 heteroatoms. The molecular weight excluding hydrogens is 650 g/mol. The number of amides is 3. The molecule has 0 saturated heterocycles. The van der Waals surface area contributed by atoms with Crippen molar-refractivity contribution < 1.29 is 33.8 Å². The number of amidine groups is 1. The minimum atomic E-state index is -1.10. The van der Waals surface area contributed by atoms with Crippen molar-refractivity contribution in [1.29, 1.82) is 5.41 Å². The molecule has 0 aromatic heterocycles. The highest BCUT2D eigenvalue weighted by Crippen LogP contribution is 2.18. The molecule has 2 atom stereocenters. The summed E-state index contributed by atoms with van der Waals surface area (Å²) < 4.78 is 10.1. The van der Waals surface area contributed by atoms with Gasteiger partial charge >= 0.3 is 18.0 Å². The normalized spacial score (nSPS) is 12.7. The molecule has 12 nitrogen and oxygen atoms in total. The lowest BCUT2D eigenvalue weighted by Gasteiger charge is -2.22. The molecule has 0 aliphatic rings. The van der Waals surface area contributed by atoms with E-state index in [0.717, 1.165) is 21.9 Å². The van der Waals surface area contributed by atoms with Gasteiger partial charge in [-0.25, -0.2) is 9.59 Å². The number of carbonyl (C=O) groups is 4. The fourth-order valence-electron chi connectivity index (χ4n) is 5.14. The van der Waals surface area contributed by atoms with E-state index in [9.17, 15) is 19.2 Å². The number of carbonyl (C=O) groups excluding carboxylic acids is 4. The summed E-state index contributed by atoms with van der Waals surface area (Å²) in [5, 5.41) is 27.0. The molecule has 0 saturated carbocycles. The molecule has 266 valence electrons. The van der Waals surface area contributed by atoms with Crippen molar-refractivity contribution in [2.24, 2.45) is 4.99 Å². The Morgan fingerprint density at radius 1 is 0.784 bits per heavy atom. The number of fused-ring (bicyclic) bond motifs is 1. The zero-order valence-corrected chi connectivity index (χ0v) is 29.1. The SMILES string of the molecule is CCOC(=O)C(=N)N=C([OH2+])[C@@H](Cc1ccccc1)NC(=O)C(Cc1ccc2ccccc2c1)NC(=O)c1cccc(CNC(=O)OC(C)(C)C)c1. The van der Waals surface area contributed by atoms with Gasteiger partial charge in [0.15, 0.2) is 6.04 Å². The van der Waals surface area contributed by atoms with Gasteiger partial charge in [0.05, 0.1) is 6.61 Å². The lowest BCUT2D eigenvalue weighted by atomic mass is 9.99. The molecule has 51 heavy (non-hydrogen) atoms. The van der Waals surface area contributed by atoms with Crippen molar-refractivity contribution in [3.63, 3.8) is 0 Å². The van der Waals surface area contributed by atoms with Crippen molar-refractivity contribution in [2.45, 2.75) is 64.8 Å². The quantitative estimate of drug-likeness (QED) is 0.0728. The zero-order valence-electron chi connectivity index (χ0n) is 29.1. The minimum Gasteiger partial charge on any atom is -0.580 e. The van der Waals surface area contributed by atoms with E-state index in [2.05, 4.69) is 20.9 Å². The van der Waals surface area contributed by atoms with Crippen LogP contribution < -0.4 is 16.0 Å². The first-order chi connectivity index (χ1) is 24.3. The number of aliphatic imine (C=N–C) groups is 1. The third-order valence-corrected chi connectivity index (χ3v) is 7.53. The second-order valence-electron chi connectivity index (χ2n) is 12.8. The molecule has 0 bridgehead atoms. The number of ether oxygens (including phenoxy) is 2. The summed E-state index contributed by atoms with van der Waals surface area (Å²) in [5.41, 5.74) is 1.81. The summed E-state index contributed by atoms with van der Waals surface area (Å²) in [6.07, 6.45) is -0.345. The maximum atomic E-state index is 14.1. The predicted molar refractivity (Wildman–Crippen MR) is 196 cm³/mol. The number of nitrogens with zero attached hydrogens (tertiary/aromatic N) is 1. The molecule has 0 heterocycles. The Hall–Kier alpha value is -6.04. The molecule has 6 N–H and O–H groups in total. The second kappa shape index (κ2) is 17.6. The molecule has 4 aromatic carbocycles. The largest absolute Gasteiger partial charge is 0.580 e. The van der Waals surface area contributed by atoms with Crippen LogP contribution >= 0.6 is 0 Å². The third kappa shape index (κ3) is 11.8.